The molecule has 0 saturated carbocycles. The van der Waals surface area contributed by atoms with Gasteiger partial charge in [0.25, 0.3) is 5.91 Å². The standard InChI is InChI=1S/C29H37N3O5/c1-28(2,3)36-26(34)30-17-15-20-7-13-24(14-8-20)31-25(33)22-11-9-21(10-12-22)23-16-18-32(19-23)27(35)37-29(4,5)6/h7-14,16H,15,17-19H2,1-6H3,(H,30,34)(H,31,33). The molecule has 0 fully saturated rings. The summed E-state index contributed by atoms with van der Waals surface area (Å²) in [5.41, 5.74) is 3.18. The Morgan fingerprint density at radius 2 is 1.49 bits per heavy atom. The van der Waals surface area contributed by atoms with E-state index in [0.29, 0.717) is 37.3 Å². The van der Waals surface area contributed by atoms with E-state index in [0.717, 1.165) is 16.7 Å². The molecule has 0 atom stereocenters. The first-order valence-electron chi connectivity index (χ1n) is 12.4. The Labute approximate surface area is 219 Å². The number of nitrogens with one attached hydrogen (secondary N) is 2. The number of alkyl carbamates (subject to hydrolysis) is 1. The van der Waals surface area contributed by atoms with Crippen LogP contribution in [0.3, 0.4) is 0 Å². The Morgan fingerprint density at radius 3 is 2.08 bits per heavy atom. The van der Waals surface area contributed by atoms with Crippen LogP contribution in [0, 0.1) is 0 Å². The molecule has 0 bridgehead atoms. The average molecular weight is 508 g/mol. The highest BCUT2D eigenvalue weighted by atomic mass is 16.6. The molecular weight excluding hydrogens is 470 g/mol. The number of amides is 3. The fraction of sp³-hybridized carbons (Fsp3) is 0.414. The first-order chi connectivity index (χ1) is 17.3. The summed E-state index contributed by atoms with van der Waals surface area (Å²) in [6, 6.07) is 14.8. The van der Waals surface area contributed by atoms with Crippen molar-refractivity contribution >= 4 is 29.4 Å². The summed E-state index contributed by atoms with van der Waals surface area (Å²) in [6.07, 6.45) is 1.88. The molecule has 0 aliphatic carbocycles. The second-order valence-electron chi connectivity index (χ2n) is 11.0. The van der Waals surface area contributed by atoms with Crippen LogP contribution >= 0.6 is 0 Å². The van der Waals surface area contributed by atoms with Gasteiger partial charge in [-0.1, -0.05) is 30.3 Å². The Balaban J connectivity index is 1.48. The van der Waals surface area contributed by atoms with Crippen LogP contribution in [-0.4, -0.2) is 53.8 Å². The second-order valence-corrected chi connectivity index (χ2v) is 11.0. The molecule has 0 saturated heterocycles. The smallest absolute Gasteiger partial charge is 0.410 e. The van der Waals surface area contributed by atoms with E-state index in [2.05, 4.69) is 10.6 Å². The van der Waals surface area contributed by atoms with Crippen LogP contribution in [0.2, 0.25) is 0 Å². The van der Waals surface area contributed by atoms with Crippen molar-refractivity contribution < 1.29 is 23.9 Å². The second kappa shape index (κ2) is 11.5. The minimum Gasteiger partial charge on any atom is -0.444 e. The molecule has 0 spiro atoms. The molecule has 1 aliphatic heterocycles. The van der Waals surface area contributed by atoms with Gasteiger partial charge < -0.3 is 25.0 Å². The molecule has 8 heteroatoms. The lowest BCUT2D eigenvalue weighted by Crippen LogP contribution is -2.35. The summed E-state index contributed by atoms with van der Waals surface area (Å²) in [7, 11) is 0. The molecule has 2 aromatic rings. The van der Waals surface area contributed by atoms with Crippen molar-refractivity contribution in [3.8, 4) is 0 Å². The molecular formula is C29H37N3O5. The molecule has 2 N–H and O–H groups in total. The van der Waals surface area contributed by atoms with Crippen molar-refractivity contribution in [3.05, 3.63) is 71.3 Å². The van der Waals surface area contributed by atoms with Gasteiger partial charge in [0, 0.05) is 30.9 Å². The SMILES string of the molecule is CC(C)(C)OC(=O)NCCc1ccc(NC(=O)c2ccc(C3=CCN(C(=O)OC(C)(C)C)C3)cc2)cc1. The van der Waals surface area contributed by atoms with Crippen molar-refractivity contribution in [1.29, 1.82) is 0 Å². The minimum absolute atomic E-state index is 0.207. The Bertz CT molecular complexity index is 1140. The highest BCUT2D eigenvalue weighted by Crippen LogP contribution is 2.23. The number of carbonyl (C=O) groups is 3. The zero-order valence-electron chi connectivity index (χ0n) is 22.5. The van der Waals surface area contributed by atoms with Gasteiger partial charge in [0.15, 0.2) is 0 Å². The molecule has 0 aromatic heterocycles. The van der Waals surface area contributed by atoms with Gasteiger partial charge in [-0.3, -0.25) is 4.79 Å². The van der Waals surface area contributed by atoms with E-state index >= 15 is 0 Å². The molecule has 8 nitrogen and oxygen atoms in total. The van der Waals surface area contributed by atoms with Crippen LogP contribution in [0.5, 0.6) is 0 Å². The number of carbonyl (C=O) groups excluding carboxylic acids is 3. The molecule has 0 unspecified atom stereocenters. The van der Waals surface area contributed by atoms with Crippen molar-refractivity contribution in [2.24, 2.45) is 0 Å². The van der Waals surface area contributed by atoms with Gasteiger partial charge in [0.1, 0.15) is 11.2 Å². The number of hydrogen-bond donors (Lipinski definition) is 2. The number of ether oxygens (including phenoxy) is 2. The fourth-order valence-corrected chi connectivity index (χ4v) is 3.65. The molecule has 1 aliphatic rings. The first kappa shape index (κ1) is 27.8. The summed E-state index contributed by atoms with van der Waals surface area (Å²) < 4.78 is 10.7. The van der Waals surface area contributed by atoms with Gasteiger partial charge in [-0.15, -0.1) is 0 Å². The van der Waals surface area contributed by atoms with E-state index in [1.165, 1.54) is 0 Å². The predicted molar refractivity (Wildman–Crippen MR) is 145 cm³/mol. The van der Waals surface area contributed by atoms with Crippen LogP contribution < -0.4 is 10.6 Å². The number of hydrogen-bond acceptors (Lipinski definition) is 5. The lowest BCUT2D eigenvalue weighted by molar-refractivity contribution is 0.0305. The molecule has 3 rings (SSSR count). The highest BCUT2D eigenvalue weighted by Gasteiger charge is 2.25. The lowest BCUT2D eigenvalue weighted by atomic mass is 10.0. The molecule has 198 valence electrons. The van der Waals surface area contributed by atoms with E-state index in [-0.39, 0.29) is 12.0 Å². The molecule has 3 amide bonds. The number of rotatable bonds is 6. The van der Waals surface area contributed by atoms with Gasteiger partial charge in [-0.05, 0) is 88.9 Å². The summed E-state index contributed by atoms with van der Waals surface area (Å²) in [4.78, 5) is 38.4. The highest BCUT2D eigenvalue weighted by molar-refractivity contribution is 6.04. The van der Waals surface area contributed by atoms with Crippen LogP contribution in [0.15, 0.2) is 54.6 Å². The third kappa shape index (κ3) is 8.97. The zero-order chi connectivity index (χ0) is 27.2. The van der Waals surface area contributed by atoms with E-state index in [1.54, 1.807) is 17.0 Å². The molecule has 0 radical (unpaired) electrons. The first-order valence-corrected chi connectivity index (χ1v) is 12.4. The average Bonchev–Trinajstić information content (AvgIpc) is 3.29. The third-order valence-electron chi connectivity index (χ3n) is 5.38. The monoisotopic (exact) mass is 507 g/mol. The maximum absolute atomic E-state index is 12.7. The number of benzene rings is 2. The fourth-order valence-electron chi connectivity index (χ4n) is 3.65. The minimum atomic E-state index is -0.534. The van der Waals surface area contributed by atoms with Gasteiger partial charge in [-0.2, -0.15) is 0 Å². The van der Waals surface area contributed by atoms with Crippen molar-refractivity contribution in [1.82, 2.24) is 10.2 Å². The van der Waals surface area contributed by atoms with E-state index in [9.17, 15) is 14.4 Å². The maximum atomic E-state index is 12.7. The van der Waals surface area contributed by atoms with E-state index in [1.807, 2.05) is 84.0 Å². The normalized spacial score (nSPS) is 13.6. The topological polar surface area (TPSA) is 97.0 Å². The Hall–Kier alpha value is -3.81. The molecule has 2 aromatic carbocycles. The van der Waals surface area contributed by atoms with Crippen LogP contribution in [0.25, 0.3) is 5.57 Å². The zero-order valence-corrected chi connectivity index (χ0v) is 22.5. The number of anilines is 1. The van der Waals surface area contributed by atoms with Crippen molar-refractivity contribution in [2.75, 3.05) is 25.0 Å². The van der Waals surface area contributed by atoms with Gasteiger partial charge >= 0.3 is 12.2 Å². The quantitative estimate of drug-likeness (QED) is 0.527. The summed E-state index contributed by atoms with van der Waals surface area (Å²) in [5.74, 6) is -0.207. The Kier molecular flexibility index (Phi) is 8.63. The van der Waals surface area contributed by atoms with Crippen molar-refractivity contribution in [2.45, 2.75) is 59.2 Å². The molecule has 37 heavy (non-hydrogen) atoms. The summed E-state index contributed by atoms with van der Waals surface area (Å²) >= 11 is 0. The largest absolute Gasteiger partial charge is 0.444 e. The molecule has 1 heterocycles. The van der Waals surface area contributed by atoms with Gasteiger partial charge in [-0.25, -0.2) is 9.59 Å². The van der Waals surface area contributed by atoms with Gasteiger partial charge in [0.05, 0.1) is 0 Å². The van der Waals surface area contributed by atoms with Crippen LogP contribution in [0.1, 0.15) is 63.0 Å². The van der Waals surface area contributed by atoms with Crippen LogP contribution in [-0.2, 0) is 15.9 Å². The summed E-state index contributed by atoms with van der Waals surface area (Å²) in [5, 5.41) is 5.64. The summed E-state index contributed by atoms with van der Waals surface area (Å²) in [6.45, 7) is 12.4. The van der Waals surface area contributed by atoms with Crippen molar-refractivity contribution in [3.63, 3.8) is 0 Å². The van der Waals surface area contributed by atoms with E-state index < -0.39 is 17.3 Å². The van der Waals surface area contributed by atoms with Crippen LogP contribution in [0.4, 0.5) is 15.3 Å². The lowest BCUT2D eigenvalue weighted by Gasteiger charge is -2.24. The maximum Gasteiger partial charge on any atom is 0.410 e. The van der Waals surface area contributed by atoms with Gasteiger partial charge in [0.2, 0.25) is 0 Å². The number of nitrogens with zero attached hydrogens (tertiary/aromatic N) is 1. The Morgan fingerprint density at radius 1 is 0.865 bits per heavy atom. The third-order valence-corrected chi connectivity index (χ3v) is 5.38. The predicted octanol–water partition coefficient (Wildman–Crippen LogP) is 5.64. The van der Waals surface area contributed by atoms with E-state index in [4.69, 9.17) is 9.47 Å².